The summed E-state index contributed by atoms with van der Waals surface area (Å²) >= 11 is 0. The van der Waals surface area contributed by atoms with E-state index in [2.05, 4.69) is 0 Å². The van der Waals surface area contributed by atoms with Crippen LogP contribution < -0.4 is 4.72 Å². The predicted molar refractivity (Wildman–Crippen MR) is 72.9 cm³/mol. The van der Waals surface area contributed by atoms with Gasteiger partial charge in [-0.1, -0.05) is 18.2 Å². The Morgan fingerprint density at radius 3 is 2.36 bits per heavy atom. The minimum Gasteiger partial charge on any atom is -0.387 e. The first kappa shape index (κ1) is 16.5. The number of aliphatic hydroxyl groups excluding tert-OH is 1. The van der Waals surface area contributed by atoms with Gasteiger partial charge in [0.05, 0.1) is 6.10 Å². The molecular formula is C14H12F3NO3S. The summed E-state index contributed by atoms with van der Waals surface area (Å²) in [4.78, 5) is -0.755. The van der Waals surface area contributed by atoms with Crippen LogP contribution in [0.5, 0.6) is 0 Å². The van der Waals surface area contributed by atoms with Crippen molar-refractivity contribution in [2.45, 2.75) is 11.0 Å². The van der Waals surface area contributed by atoms with E-state index in [0.29, 0.717) is 6.07 Å². The molecule has 118 valence electrons. The standard InChI is InChI=1S/C14H12F3NO3S/c15-9-5-6-14(12(17)7-9)22(20,21)18-8-13(19)10-3-1-2-4-11(10)16/h1-7,13,18-19H,8H2. The summed E-state index contributed by atoms with van der Waals surface area (Å²) in [6.45, 7) is -0.555. The minimum absolute atomic E-state index is 0.0928. The van der Waals surface area contributed by atoms with Crippen LogP contribution in [0.2, 0.25) is 0 Å². The van der Waals surface area contributed by atoms with Gasteiger partial charge in [0.25, 0.3) is 0 Å². The molecule has 1 unspecified atom stereocenters. The van der Waals surface area contributed by atoms with Gasteiger partial charge in [0.2, 0.25) is 10.0 Å². The van der Waals surface area contributed by atoms with E-state index < -0.39 is 45.0 Å². The minimum atomic E-state index is -4.30. The van der Waals surface area contributed by atoms with Crippen LogP contribution in [0.25, 0.3) is 0 Å². The van der Waals surface area contributed by atoms with Crippen molar-refractivity contribution >= 4 is 10.0 Å². The summed E-state index contributed by atoms with van der Waals surface area (Å²) < 4.78 is 65.5. The largest absolute Gasteiger partial charge is 0.387 e. The quantitative estimate of drug-likeness (QED) is 0.882. The van der Waals surface area contributed by atoms with Crippen LogP contribution >= 0.6 is 0 Å². The van der Waals surface area contributed by atoms with Crippen LogP contribution in [-0.4, -0.2) is 20.1 Å². The molecule has 0 aliphatic carbocycles. The van der Waals surface area contributed by atoms with Crippen LogP contribution in [-0.2, 0) is 10.0 Å². The van der Waals surface area contributed by atoms with Gasteiger partial charge in [-0.15, -0.1) is 0 Å². The molecular weight excluding hydrogens is 319 g/mol. The molecule has 0 radical (unpaired) electrons. The number of aliphatic hydroxyl groups is 1. The summed E-state index contributed by atoms with van der Waals surface area (Å²) in [5.74, 6) is -2.86. The van der Waals surface area contributed by atoms with Gasteiger partial charge < -0.3 is 5.11 Å². The van der Waals surface area contributed by atoms with Gasteiger partial charge in [0, 0.05) is 18.2 Å². The van der Waals surface area contributed by atoms with Gasteiger partial charge in [-0.25, -0.2) is 26.3 Å². The maximum absolute atomic E-state index is 13.5. The lowest BCUT2D eigenvalue weighted by atomic mass is 10.1. The molecule has 0 aliphatic heterocycles. The van der Waals surface area contributed by atoms with Gasteiger partial charge in [-0.2, -0.15) is 0 Å². The molecule has 2 rings (SSSR count). The van der Waals surface area contributed by atoms with Crippen molar-refractivity contribution in [1.29, 1.82) is 0 Å². The summed E-state index contributed by atoms with van der Waals surface area (Å²) in [6, 6.07) is 7.31. The number of hydrogen-bond acceptors (Lipinski definition) is 3. The second kappa shape index (κ2) is 6.47. The molecule has 0 aliphatic rings. The van der Waals surface area contributed by atoms with E-state index in [-0.39, 0.29) is 5.56 Å². The van der Waals surface area contributed by atoms with Crippen LogP contribution in [0.1, 0.15) is 11.7 Å². The van der Waals surface area contributed by atoms with Crippen molar-refractivity contribution in [3.8, 4) is 0 Å². The molecule has 2 aromatic carbocycles. The Kier molecular flexibility index (Phi) is 4.84. The number of benzene rings is 2. The second-order valence-electron chi connectivity index (χ2n) is 4.46. The summed E-state index contributed by atoms with van der Waals surface area (Å²) in [7, 11) is -4.30. The molecule has 2 N–H and O–H groups in total. The maximum Gasteiger partial charge on any atom is 0.243 e. The summed E-state index contributed by atoms with van der Waals surface area (Å²) in [6.07, 6.45) is -1.44. The van der Waals surface area contributed by atoms with Gasteiger partial charge in [0.15, 0.2) is 0 Å². The highest BCUT2D eigenvalue weighted by Crippen LogP contribution is 2.18. The zero-order chi connectivity index (χ0) is 16.3. The molecule has 0 saturated heterocycles. The molecule has 1 atom stereocenters. The molecule has 4 nitrogen and oxygen atoms in total. The monoisotopic (exact) mass is 331 g/mol. The molecule has 0 fully saturated rings. The van der Waals surface area contributed by atoms with Gasteiger partial charge in [0.1, 0.15) is 22.3 Å². The maximum atomic E-state index is 13.5. The fourth-order valence-corrected chi connectivity index (χ4v) is 2.91. The zero-order valence-electron chi connectivity index (χ0n) is 11.1. The van der Waals surface area contributed by atoms with Crippen molar-refractivity contribution < 1.29 is 26.7 Å². The first-order valence-corrected chi connectivity index (χ1v) is 7.67. The molecule has 22 heavy (non-hydrogen) atoms. The Balaban J connectivity index is 2.15. The lowest BCUT2D eigenvalue weighted by Gasteiger charge is -2.13. The Bertz CT molecular complexity index is 781. The van der Waals surface area contributed by atoms with Gasteiger partial charge >= 0.3 is 0 Å². The number of halogens is 3. The van der Waals surface area contributed by atoms with Crippen molar-refractivity contribution in [3.63, 3.8) is 0 Å². The first-order valence-electron chi connectivity index (χ1n) is 6.18. The van der Waals surface area contributed by atoms with E-state index in [9.17, 15) is 26.7 Å². The predicted octanol–water partition coefficient (Wildman–Crippen LogP) is 2.12. The Morgan fingerprint density at radius 1 is 1.05 bits per heavy atom. The number of nitrogens with one attached hydrogen (secondary N) is 1. The SMILES string of the molecule is O=S(=O)(NCC(O)c1ccccc1F)c1ccc(F)cc1F. The molecule has 2 aromatic rings. The van der Waals surface area contributed by atoms with Crippen molar-refractivity contribution in [2.75, 3.05) is 6.54 Å². The fraction of sp³-hybridized carbons (Fsp3) is 0.143. The van der Waals surface area contributed by atoms with Crippen molar-refractivity contribution in [2.24, 2.45) is 0 Å². The number of sulfonamides is 1. The van der Waals surface area contributed by atoms with Gasteiger partial charge in [-0.05, 0) is 18.2 Å². The lowest BCUT2D eigenvalue weighted by molar-refractivity contribution is 0.177. The highest BCUT2D eigenvalue weighted by Gasteiger charge is 2.21. The molecule has 0 heterocycles. The Hall–Kier alpha value is -1.90. The highest BCUT2D eigenvalue weighted by atomic mass is 32.2. The molecule has 0 amide bonds. The molecule has 0 spiro atoms. The fourth-order valence-electron chi connectivity index (χ4n) is 1.81. The third-order valence-corrected chi connectivity index (χ3v) is 4.37. The Morgan fingerprint density at radius 2 is 1.73 bits per heavy atom. The number of rotatable bonds is 5. The summed E-state index contributed by atoms with van der Waals surface area (Å²) in [5, 5.41) is 9.80. The summed E-state index contributed by atoms with van der Waals surface area (Å²) in [5.41, 5.74) is -0.0928. The van der Waals surface area contributed by atoms with Crippen LogP contribution in [0.3, 0.4) is 0 Å². The third-order valence-electron chi connectivity index (χ3n) is 2.91. The van der Waals surface area contributed by atoms with E-state index in [1.807, 2.05) is 4.72 Å². The zero-order valence-corrected chi connectivity index (χ0v) is 11.9. The van der Waals surface area contributed by atoms with E-state index in [4.69, 9.17) is 0 Å². The topological polar surface area (TPSA) is 66.4 Å². The highest BCUT2D eigenvalue weighted by molar-refractivity contribution is 7.89. The molecule has 0 bridgehead atoms. The van der Waals surface area contributed by atoms with E-state index in [1.54, 1.807) is 0 Å². The third kappa shape index (κ3) is 3.65. The molecule has 0 saturated carbocycles. The van der Waals surface area contributed by atoms with Gasteiger partial charge in [-0.3, -0.25) is 0 Å². The number of hydrogen-bond donors (Lipinski definition) is 2. The Labute approximate surface area is 125 Å². The smallest absolute Gasteiger partial charge is 0.243 e. The van der Waals surface area contributed by atoms with E-state index >= 15 is 0 Å². The first-order chi connectivity index (χ1) is 10.3. The average Bonchev–Trinajstić information content (AvgIpc) is 2.45. The van der Waals surface area contributed by atoms with E-state index in [1.165, 1.54) is 18.2 Å². The van der Waals surface area contributed by atoms with E-state index in [0.717, 1.165) is 18.2 Å². The molecule has 0 aromatic heterocycles. The van der Waals surface area contributed by atoms with Crippen LogP contribution in [0.15, 0.2) is 47.4 Å². The van der Waals surface area contributed by atoms with Crippen molar-refractivity contribution in [1.82, 2.24) is 4.72 Å². The molecule has 8 heteroatoms. The average molecular weight is 331 g/mol. The van der Waals surface area contributed by atoms with Crippen molar-refractivity contribution in [3.05, 3.63) is 65.5 Å². The van der Waals surface area contributed by atoms with Crippen LogP contribution in [0.4, 0.5) is 13.2 Å². The normalized spacial score (nSPS) is 13.1. The second-order valence-corrected chi connectivity index (χ2v) is 6.20. The lowest BCUT2D eigenvalue weighted by Crippen LogP contribution is -2.29. The van der Waals surface area contributed by atoms with Crippen LogP contribution in [0, 0.1) is 17.5 Å².